The molecule has 39 heavy (non-hydrogen) atoms. The van der Waals surface area contributed by atoms with Gasteiger partial charge in [0, 0.05) is 17.6 Å². The lowest BCUT2D eigenvalue weighted by Gasteiger charge is -2.32. The summed E-state index contributed by atoms with van der Waals surface area (Å²) in [4.78, 5) is 28.4. The molecule has 0 radical (unpaired) electrons. The van der Waals surface area contributed by atoms with E-state index >= 15 is 0 Å². The molecule has 0 saturated carbocycles. The van der Waals surface area contributed by atoms with Gasteiger partial charge in [0.25, 0.3) is 10.0 Å². The third kappa shape index (κ3) is 7.70. The minimum atomic E-state index is -4.09. The van der Waals surface area contributed by atoms with Crippen LogP contribution in [0.5, 0.6) is 0 Å². The number of sulfonamides is 1. The van der Waals surface area contributed by atoms with Crippen LogP contribution < -0.4 is 9.62 Å². The number of rotatable bonds is 11. The second-order valence-corrected chi connectivity index (χ2v) is 12.5. The van der Waals surface area contributed by atoms with Crippen LogP contribution >= 0.6 is 15.9 Å². The quantitative estimate of drug-likeness (QED) is 0.309. The van der Waals surface area contributed by atoms with Crippen molar-refractivity contribution in [3.63, 3.8) is 0 Å². The van der Waals surface area contributed by atoms with E-state index in [1.165, 1.54) is 4.90 Å². The van der Waals surface area contributed by atoms with Gasteiger partial charge < -0.3 is 10.2 Å². The fourth-order valence-electron chi connectivity index (χ4n) is 4.01. The molecule has 0 aliphatic carbocycles. The molecule has 1 unspecified atom stereocenters. The van der Waals surface area contributed by atoms with E-state index in [-0.39, 0.29) is 17.3 Å². The van der Waals surface area contributed by atoms with E-state index in [2.05, 4.69) is 21.2 Å². The van der Waals surface area contributed by atoms with Crippen LogP contribution in [0.25, 0.3) is 0 Å². The molecule has 0 aromatic heterocycles. The van der Waals surface area contributed by atoms with Gasteiger partial charge in [-0.1, -0.05) is 58.7 Å². The topological polar surface area (TPSA) is 86.8 Å². The average molecular weight is 615 g/mol. The first kappa shape index (κ1) is 30.4. The summed E-state index contributed by atoms with van der Waals surface area (Å²) in [6.45, 7) is 9.52. The Morgan fingerprint density at radius 3 is 2.15 bits per heavy atom. The molecule has 9 heteroatoms. The van der Waals surface area contributed by atoms with Crippen LogP contribution in [0.3, 0.4) is 0 Å². The van der Waals surface area contributed by atoms with Crippen molar-refractivity contribution in [3.05, 3.63) is 93.5 Å². The number of hydrogen-bond donors (Lipinski definition) is 1. The molecule has 3 rings (SSSR count). The predicted molar refractivity (Wildman–Crippen MR) is 159 cm³/mol. The number of carbonyl (C=O) groups is 2. The van der Waals surface area contributed by atoms with Crippen molar-refractivity contribution in [2.75, 3.05) is 17.4 Å². The van der Waals surface area contributed by atoms with Crippen molar-refractivity contribution in [2.45, 2.75) is 58.5 Å². The predicted octanol–water partition coefficient (Wildman–Crippen LogP) is 5.51. The van der Waals surface area contributed by atoms with Crippen molar-refractivity contribution < 1.29 is 18.0 Å². The molecular formula is C30H36BrN3O4S. The van der Waals surface area contributed by atoms with Crippen molar-refractivity contribution in [1.82, 2.24) is 10.2 Å². The Morgan fingerprint density at radius 1 is 0.923 bits per heavy atom. The Morgan fingerprint density at radius 2 is 1.56 bits per heavy atom. The highest BCUT2D eigenvalue weighted by Gasteiger charge is 2.32. The lowest BCUT2D eigenvalue weighted by molar-refractivity contribution is -0.139. The number of carbonyl (C=O) groups excluding carboxylic acids is 2. The number of benzene rings is 3. The van der Waals surface area contributed by atoms with Crippen LogP contribution in [0.1, 0.15) is 42.5 Å². The molecule has 1 N–H and O–H groups in total. The number of nitrogens with zero attached hydrogens (tertiary/aromatic N) is 2. The number of hydrogen-bond acceptors (Lipinski definition) is 4. The fraction of sp³-hybridized carbons (Fsp3) is 0.333. The van der Waals surface area contributed by atoms with Gasteiger partial charge in [-0.2, -0.15) is 0 Å². The van der Waals surface area contributed by atoms with Gasteiger partial charge in [-0.15, -0.1) is 0 Å². The van der Waals surface area contributed by atoms with Gasteiger partial charge >= 0.3 is 0 Å². The van der Waals surface area contributed by atoms with Crippen LogP contribution in [-0.2, 0) is 26.2 Å². The summed E-state index contributed by atoms with van der Waals surface area (Å²) >= 11 is 3.42. The van der Waals surface area contributed by atoms with E-state index in [9.17, 15) is 18.0 Å². The molecule has 0 saturated heterocycles. The molecule has 0 aliphatic heterocycles. The zero-order chi connectivity index (χ0) is 28.7. The van der Waals surface area contributed by atoms with Crippen LogP contribution in [0.4, 0.5) is 5.69 Å². The maximum absolute atomic E-state index is 13.9. The van der Waals surface area contributed by atoms with Crippen molar-refractivity contribution >= 4 is 43.5 Å². The highest BCUT2D eigenvalue weighted by Crippen LogP contribution is 2.27. The van der Waals surface area contributed by atoms with Gasteiger partial charge in [0.2, 0.25) is 11.8 Å². The summed E-state index contributed by atoms with van der Waals surface area (Å²) in [6.07, 6.45) is 0.758. The number of aryl methyl sites for hydroxylation is 3. The summed E-state index contributed by atoms with van der Waals surface area (Å²) in [5.74, 6) is -0.771. The van der Waals surface area contributed by atoms with Gasteiger partial charge in [0.1, 0.15) is 12.6 Å². The first-order chi connectivity index (χ1) is 18.4. The monoisotopic (exact) mass is 613 g/mol. The van der Waals surface area contributed by atoms with Crippen LogP contribution in [-0.4, -0.2) is 44.3 Å². The highest BCUT2D eigenvalue weighted by molar-refractivity contribution is 9.10. The standard InChI is InChI=1S/C30H36BrN3O4S/c1-6-17-32-30(36)24(5)33(19-25-10-12-26(31)13-11-25)29(35)20-34(27-14-9-22(3)23(4)18-27)39(37,38)28-15-7-21(2)8-16-28/h7-16,18,24H,6,17,19-20H2,1-5H3,(H,32,36). The first-order valence-electron chi connectivity index (χ1n) is 12.9. The number of anilines is 1. The van der Waals surface area contributed by atoms with Gasteiger partial charge in [-0.05, 0) is 87.2 Å². The molecule has 7 nitrogen and oxygen atoms in total. The van der Waals surface area contributed by atoms with E-state index in [0.29, 0.717) is 12.2 Å². The molecule has 0 fully saturated rings. The Hall–Kier alpha value is -3.17. The number of halogens is 1. The van der Waals surface area contributed by atoms with E-state index in [1.807, 2.05) is 58.0 Å². The normalized spacial score (nSPS) is 12.1. The fourth-order valence-corrected chi connectivity index (χ4v) is 5.68. The van der Waals surface area contributed by atoms with Crippen LogP contribution in [0, 0.1) is 20.8 Å². The third-order valence-corrected chi connectivity index (χ3v) is 8.97. The molecule has 1 atom stereocenters. The lowest BCUT2D eigenvalue weighted by atomic mass is 10.1. The minimum Gasteiger partial charge on any atom is -0.354 e. The molecule has 0 spiro atoms. The second kappa shape index (κ2) is 13.3. The highest BCUT2D eigenvalue weighted by atomic mass is 79.9. The lowest BCUT2D eigenvalue weighted by Crippen LogP contribution is -2.51. The summed E-state index contributed by atoms with van der Waals surface area (Å²) in [6, 6.07) is 18.5. The Labute approximate surface area is 240 Å². The number of nitrogens with one attached hydrogen (secondary N) is 1. The van der Waals surface area contributed by atoms with Crippen LogP contribution in [0.15, 0.2) is 76.1 Å². The second-order valence-electron chi connectivity index (χ2n) is 9.71. The molecular weight excluding hydrogens is 578 g/mol. The Bertz CT molecular complexity index is 1410. The van der Waals surface area contributed by atoms with Crippen molar-refractivity contribution in [2.24, 2.45) is 0 Å². The number of amides is 2. The van der Waals surface area contributed by atoms with Crippen molar-refractivity contribution in [3.8, 4) is 0 Å². The van der Waals surface area contributed by atoms with E-state index in [4.69, 9.17) is 0 Å². The summed E-state index contributed by atoms with van der Waals surface area (Å²) in [5.41, 5.74) is 4.05. The molecule has 0 bridgehead atoms. The molecule has 0 aliphatic rings. The molecule has 3 aromatic rings. The van der Waals surface area contributed by atoms with Gasteiger partial charge in [-0.25, -0.2) is 8.42 Å². The third-order valence-electron chi connectivity index (χ3n) is 6.65. The largest absolute Gasteiger partial charge is 0.354 e. The van der Waals surface area contributed by atoms with Gasteiger partial charge in [-0.3, -0.25) is 13.9 Å². The summed E-state index contributed by atoms with van der Waals surface area (Å²) in [7, 11) is -4.09. The van der Waals surface area contributed by atoms with Gasteiger partial charge in [0.15, 0.2) is 0 Å². The van der Waals surface area contributed by atoms with E-state index < -0.39 is 28.5 Å². The minimum absolute atomic E-state index is 0.0901. The molecule has 0 heterocycles. The maximum Gasteiger partial charge on any atom is 0.264 e. The van der Waals surface area contributed by atoms with Gasteiger partial charge in [0.05, 0.1) is 10.6 Å². The van der Waals surface area contributed by atoms with Crippen molar-refractivity contribution in [1.29, 1.82) is 0 Å². The maximum atomic E-state index is 13.9. The SMILES string of the molecule is CCCNC(=O)C(C)N(Cc1ccc(Br)cc1)C(=O)CN(c1ccc(C)c(C)c1)S(=O)(=O)c1ccc(C)cc1. The zero-order valence-electron chi connectivity index (χ0n) is 23.1. The average Bonchev–Trinajstić information content (AvgIpc) is 2.91. The Kier molecular flexibility index (Phi) is 10.3. The smallest absolute Gasteiger partial charge is 0.264 e. The molecule has 208 valence electrons. The summed E-state index contributed by atoms with van der Waals surface area (Å²) in [5, 5.41) is 2.85. The summed E-state index contributed by atoms with van der Waals surface area (Å²) < 4.78 is 29.8. The van der Waals surface area contributed by atoms with E-state index in [0.717, 1.165) is 37.5 Å². The first-order valence-corrected chi connectivity index (χ1v) is 15.2. The zero-order valence-corrected chi connectivity index (χ0v) is 25.5. The molecule has 3 aromatic carbocycles. The Balaban J connectivity index is 2.04. The molecule has 2 amide bonds. The van der Waals surface area contributed by atoms with Crippen LogP contribution in [0.2, 0.25) is 0 Å². The van der Waals surface area contributed by atoms with E-state index in [1.54, 1.807) is 43.3 Å².